The zero-order valence-corrected chi connectivity index (χ0v) is 31.5. The van der Waals surface area contributed by atoms with Crippen LogP contribution in [0.4, 0.5) is 0 Å². The Morgan fingerprint density at radius 3 is 1.00 bits per heavy atom. The topological polar surface area (TPSA) is 52.6 Å². The largest absolute Gasteiger partial charge is 0.462 e. The minimum absolute atomic E-state index is 0.299. The molecule has 0 saturated carbocycles. The Hall–Kier alpha value is -2.36. The summed E-state index contributed by atoms with van der Waals surface area (Å²) < 4.78 is 11.0. The van der Waals surface area contributed by atoms with Crippen molar-refractivity contribution in [1.82, 2.24) is 0 Å². The summed E-state index contributed by atoms with van der Waals surface area (Å²) in [4.78, 5) is 25.4. The first kappa shape index (κ1) is 43.7. The number of benzene rings is 1. The highest BCUT2D eigenvalue weighted by molar-refractivity contribution is 6.03. The fourth-order valence-corrected chi connectivity index (χ4v) is 6.02. The summed E-state index contributed by atoms with van der Waals surface area (Å²) in [6.07, 6.45) is 44.3. The molecule has 0 radical (unpaired) electrons. The Labute approximate surface area is 296 Å². The maximum atomic E-state index is 12.7. The third kappa shape index (κ3) is 26.6. The molecule has 0 atom stereocenters. The molecule has 0 aliphatic heterocycles. The molecule has 0 spiro atoms. The van der Waals surface area contributed by atoms with E-state index in [0.717, 1.165) is 25.7 Å². The molecular weight excluding hydrogens is 592 g/mol. The number of carbonyl (C=O) groups is 2. The van der Waals surface area contributed by atoms with Gasteiger partial charge in [0.25, 0.3) is 0 Å². The number of esters is 2. The van der Waals surface area contributed by atoms with Crippen molar-refractivity contribution < 1.29 is 19.1 Å². The van der Waals surface area contributed by atoms with Gasteiger partial charge in [0, 0.05) is 0 Å². The first-order valence-corrected chi connectivity index (χ1v) is 20.4. The van der Waals surface area contributed by atoms with Gasteiger partial charge in [-0.05, 0) is 76.3 Å². The van der Waals surface area contributed by atoms with Crippen LogP contribution in [0.5, 0.6) is 0 Å². The molecule has 4 nitrogen and oxygen atoms in total. The van der Waals surface area contributed by atoms with Crippen molar-refractivity contribution in [3.8, 4) is 0 Å². The fraction of sp³-hybridized carbons (Fsp3) is 0.727. The highest BCUT2D eigenvalue weighted by atomic mass is 16.5. The van der Waals surface area contributed by atoms with Crippen molar-refractivity contribution >= 4 is 11.9 Å². The lowest BCUT2D eigenvalue weighted by molar-refractivity contribution is 0.0450. The van der Waals surface area contributed by atoms with E-state index in [-0.39, 0.29) is 0 Å². The van der Waals surface area contributed by atoms with Crippen LogP contribution in [0.15, 0.2) is 48.6 Å². The lowest BCUT2D eigenvalue weighted by atomic mass is 10.1. The summed E-state index contributed by atoms with van der Waals surface area (Å²) in [5.41, 5.74) is 0.598. The number of allylic oxidation sites excluding steroid dienone is 4. The van der Waals surface area contributed by atoms with Crippen LogP contribution in [-0.2, 0) is 9.47 Å². The average molecular weight is 667 g/mol. The van der Waals surface area contributed by atoms with E-state index < -0.39 is 11.9 Å². The van der Waals surface area contributed by atoms with Gasteiger partial charge < -0.3 is 9.47 Å². The minimum atomic E-state index is -0.437. The van der Waals surface area contributed by atoms with Crippen LogP contribution in [0, 0.1) is 0 Å². The molecule has 0 fully saturated rings. The number of ether oxygens (including phenoxy) is 2. The second-order valence-corrected chi connectivity index (χ2v) is 13.7. The number of carbonyl (C=O) groups excluding carboxylic acids is 2. The van der Waals surface area contributed by atoms with Crippen LogP contribution >= 0.6 is 0 Å². The summed E-state index contributed by atoms with van der Waals surface area (Å²) in [5.74, 6) is -0.875. The van der Waals surface area contributed by atoms with E-state index in [4.69, 9.17) is 9.47 Å². The van der Waals surface area contributed by atoms with Crippen molar-refractivity contribution in [2.24, 2.45) is 0 Å². The van der Waals surface area contributed by atoms with Crippen molar-refractivity contribution in [3.63, 3.8) is 0 Å². The number of hydrogen-bond donors (Lipinski definition) is 0. The molecule has 48 heavy (non-hydrogen) atoms. The van der Waals surface area contributed by atoms with Crippen LogP contribution in [0.2, 0.25) is 0 Å². The average Bonchev–Trinajstić information content (AvgIpc) is 3.10. The predicted octanol–water partition coefficient (Wildman–Crippen LogP) is 14.1. The van der Waals surface area contributed by atoms with E-state index >= 15 is 0 Å². The van der Waals surface area contributed by atoms with Gasteiger partial charge in [-0.25, -0.2) is 9.59 Å². The molecule has 0 N–H and O–H groups in total. The summed E-state index contributed by atoms with van der Waals surface area (Å²) in [6, 6.07) is 6.85. The molecule has 1 rings (SSSR count). The Balaban J connectivity index is 2.03. The molecule has 0 saturated heterocycles. The van der Waals surface area contributed by atoms with Crippen LogP contribution in [0.25, 0.3) is 0 Å². The zero-order valence-electron chi connectivity index (χ0n) is 31.5. The summed E-state index contributed by atoms with van der Waals surface area (Å²) in [5, 5.41) is 0. The predicted molar refractivity (Wildman–Crippen MR) is 206 cm³/mol. The van der Waals surface area contributed by atoms with Crippen molar-refractivity contribution in [2.45, 2.75) is 194 Å². The van der Waals surface area contributed by atoms with Gasteiger partial charge in [-0.15, -0.1) is 0 Å². The molecule has 0 heterocycles. The molecule has 0 aromatic heterocycles. The van der Waals surface area contributed by atoms with Crippen LogP contribution in [0.1, 0.15) is 214 Å². The van der Waals surface area contributed by atoms with Crippen LogP contribution in [0.3, 0.4) is 0 Å². The second-order valence-electron chi connectivity index (χ2n) is 13.7. The van der Waals surface area contributed by atoms with Gasteiger partial charge in [0.05, 0.1) is 24.3 Å². The number of unbranched alkanes of at least 4 members (excludes halogenated alkanes) is 24. The third-order valence-corrected chi connectivity index (χ3v) is 9.15. The Bertz CT molecular complexity index is 859. The third-order valence-electron chi connectivity index (χ3n) is 9.15. The summed E-state index contributed by atoms with van der Waals surface area (Å²) in [7, 11) is 0. The monoisotopic (exact) mass is 667 g/mol. The second kappa shape index (κ2) is 34.5. The fourth-order valence-electron chi connectivity index (χ4n) is 6.02. The highest BCUT2D eigenvalue weighted by Crippen LogP contribution is 2.15. The van der Waals surface area contributed by atoms with Gasteiger partial charge in [0.2, 0.25) is 0 Å². The molecule has 274 valence electrons. The Morgan fingerprint density at radius 2 is 0.688 bits per heavy atom. The maximum absolute atomic E-state index is 12.7. The summed E-state index contributed by atoms with van der Waals surface area (Å²) >= 11 is 0. The standard InChI is InChI=1S/C44H74O4/c1-3-5-7-9-11-13-15-17-19-21-23-25-27-29-31-35-39-47-43(45)41-37-33-34-38-42(41)44(46)48-40-36-32-30-28-26-24-22-20-18-16-14-12-10-8-6-4-2/h17-20,33-34,37-38H,3-16,21-32,35-36,39-40H2,1-2H3/b19-17-,20-18-. The van der Waals surface area contributed by atoms with Gasteiger partial charge in [0.1, 0.15) is 0 Å². The quantitative estimate of drug-likeness (QED) is 0.0417. The molecule has 0 amide bonds. The van der Waals surface area contributed by atoms with E-state index in [1.807, 2.05) is 0 Å². The van der Waals surface area contributed by atoms with Crippen LogP contribution in [-0.4, -0.2) is 25.2 Å². The van der Waals surface area contributed by atoms with E-state index in [9.17, 15) is 9.59 Å². The van der Waals surface area contributed by atoms with E-state index in [1.165, 1.54) is 154 Å². The van der Waals surface area contributed by atoms with Crippen LogP contribution < -0.4 is 0 Å². The highest BCUT2D eigenvalue weighted by Gasteiger charge is 2.18. The number of rotatable bonds is 34. The van der Waals surface area contributed by atoms with Gasteiger partial charge in [0.15, 0.2) is 0 Å². The molecule has 0 aliphatic carbocycles. The SMILES string of the molecule is CCCCCCCC/C=C\CCCCCCCCOC(=O)c1ccccc1C(=O)OCCCCCCCC/C=C\CCCCCCCC. The molecule has 1 aromatic rings. The van der Waals surface area contributed by atoms with Gasteiger partial charge in [-0.2, -0.15) is 0 Å². The van der Waals surface area contributed by atoms with E-state index in [0.29, 0.717) is 24.3 Å². The molecular formula is C44H74O4. The molecule has 0 unspecified atom stereocenters. The van der Waals surface area contributed by atoms with Crippen molar-refractivity contribution in [1.29, 1.82) is 0 Å². The molecule has 4 heteroatoms. The normalized spacial score (nSPS) is 11.5. The molecule has 0 aliphatic rings. The van der Waals surface area contributed by atoms with Crippen molar-refractivity contribution in [2.75, 3.05) is 13.2 Å². The van der Waals surface area contributed by atoms with Crippen molar-refractivity contribution in [3.05, 3.63) is 59.7 Å². The van der Waals surface area contributed by atoms with E-state index in [2.05, 4.69) is 38.2 Å². The smallest absolute Gasteiger partial charge is 0.339 e. The van der Waals surface area contributed by atoms with Gasteiger partial charge in [-0.3, -0.25) is 0 Å². The first-order valence-electron chi connectivity index (χ1n) is 20.4. The zero-order chi connectivity index (χ0) is 34.6. The lowest BCUT2D eigenvalue weighted by Crippen LogP contribution is -2.15. The Morgan fingerprint density at radius 1 is 0.417 bits per heavy atom. The minimum Gasteiger partial charge on any atom is -0.462 e. The molecule has 1 aromatic carbocycles. The number of hydrogen-bond acceptors (Lipinski definition) is 4. The van der Waals surface area contributed by atoms with E-state index in [1.54, 1.807) is 24.3 Å². The van der Waals surface area contributed by atoms with Gasteiger partial charge >= 0.3 is 11.9 Å². The molecule has 0 bridgehead atoms. The summed E-state index contributed by atoms with van der Waals surface area (Å²) in [6.45, 7) is 5.31. The van der Waals surface area contributed by atoms with Gasteiger partial charge in [-0.1, -0.05) is 166 Å². The maximum Gasteiger partial charge on any atom is 0.339 e. The first-order chi connectivity index (χ1) is 23.7. The Kier molecular flexibility index (Phi) is 31.4. The lowest BCUT2D eigenvalue weighted by Gasteiger charge is -2.10.